The van der Waals surface area contributed by atoms with Crippen molar-refractivity contribution in [2.24, 2.45) is 0 Å². The number of carbonyl (C=O) groups excluding carboxylic acids is 2. The van der Waals surface area contributed by atoms with Crippen LogP contribution in [0.3, 0.4) is 0 Å². The van der Waals surface area contributed by atoms with E-state index in [0.717, 1.165) is 52.1 Å². The standard InChI is InChI=1S/C30H38Cl2N2O7/c1-37-25-19-21-20-26(28(25)38-2)39-17-4-7-22(41-30(36)23-8-3-9-24(31)27(23)32)10-14-34-12-5-11-33(15-16-34)13-6-18-40-29(21)35/h3,8-9,19-20,22H,4-7,10-18H2,1-2H3. The molecule has 224 valence electrons. The molecule has 2 aliphatic heterocycles. The van der Waals surface area contributed by atoms with E-state index in [-0.39, 0.29) is 16.7 Å². The number of fused-ring (bicyclic) bond motifs is 5. The second-order valence-corrected chi connectivity index (χ2v) is 10.9. The molecule has 41 heavy (non-hydrogen) atoms. The van der Waals surface area contributed by atoms with Crippen molar-refractivity contribution in [3.63, 3.8) is 0 Å². The fourth-order valence-corrected chi connectivity index (χ4v) is 5.50. The lowest BCUT2D eigenvalue weighted by Gasteiger charge is -2.25. The van der Waals surface area contributed by atoms with Crippen LogP contribution in [-0.4, -0.2) is 94.5 Å². The average molecular weight is 610 g/mol. The molecule has 1 fully saturated rings. The second-order valence-electron chi connectivity index (χ2n) is 10.1. The van der Waals surface area contributed by atoms with Crippen LogP contribution in [0.15, 0.2) is 30.3 Å². The summed E-state index contributed by atoms with van der Waals surface area (Å²) in [6, 6.07) is 8.14. The molecule has 0 amide bonds. The highest BCUT2D eigenvalue weighted by Crippen LogP contribution is 2.39. The van der Waals surface area contributed by atoms with Crippen LogP contribution in [0, 0.1) is 0 Å². The lowest BCUT2D eigenvalue weighted by molar-refractivity contribution is 0.0222. The van der Waals surface area contributed by atoms with E-state index < -0.39 is 11.9 Å². The number of methoxy groups -OCH3 is 2. The summed E-state index contributed by atoms with van der Waals surface area (Å²) in [5.74, 6) is 0.204. The first-order chi connectivity index (χ1) is 19.9. The molecular formula is C30H38Cl2N2O7. The largest absolute Gasteiger partial charge is 0.493 e. The van der Waals surface area contributed by atoms with Crippen LogP contribution in [0.1, 0.15) is 52.8 Å². The number of hydrogen-bond acceptors (Lipinski definition) is 9. The lowest BCUT2D eigenvalue weighted by Crippen LogP contribution is -2.34. The maximum atomic E-state index is 13.1. The van der Waals surface area contributed by atoms with Crippen molar-refractivity contribution in [2.45, 2.75) is 38.2 Å². The molecule has 0 radical (unpaired) electrons. The van der Waals surface area contributed by atoms with Crippen molar-refractivity contribution in [1.82, 2.24) is 9.80 Å². The molecule has 4 bridgehead atoms. The van der Waals surface area contributed by atoms with Crippen molar-refractivity contribution in [3.8, 4) is 17.2 Å². The SMILES string of the molecule is COc1cc2cc(c1OC)OCCCC(OC(=O)c1cccc(Cl)c1Cl)CCN1CCCN(CCCOC2=O)CC1. The summed E-state index contributed by atoms with van der Waals surface area (Å²) in [4.78, 5) is 30.7. The van der Waals surface area contributed by atoms with E-state index in [1.165, 1.54) is 14.2 Å². The molecule has 3 atom stereocenters. The maximum absolute atomic E-state index is 13.1. The Morgan fingerprint density at radius 1 is 0.878 bits per heavy atom. The summed E-state index contributed by atoms with van der Waals surface area (Å²) in [7, 11) is 3.02. The van der Waals surface area contributed by atoms with E-state index in [2.05, 4.69) is 9.80 Å². The molecule has 2 heterocycles. The molecule has 0 N–H and O–H groups in total. The van der Waals surface area contributed by atoms with Gasteiger partial charge in [0, 0.05) is 26.2 Å². The molecule has 0 saturated carbocycles. The first-order valence-corrected chi connectivity index (χ1v) is 14.8. The topological polar surface area (TPSA) is 86.8 Å². The van der Waals surface area contributed by atoms with Gasteiger partial charge in [0.15, 0.2) is 11.5 Å². The van der Waals surface area contributed by atoms with Gasteiger partial charge < -0.3 is 33.5 Å². The number of ether oxygens (including phenoxy) is 5. The van der Waals surface area contributed by atoms with Crippen LogP contribution < -0.4 is 14.2 Å². The van der Waals surface area contributed by atoms with Gasteiger partial charge in [-0.25, -0.2) is 9.59 Å². The smallest absolute Gasteiger partial charge is 0.339 e. The number of cyclic esters (lactones) is 1. The van der Waals surface area contributed by atoms with E-state index in [1.54, 1.807) is 30.3 Å². The van der Waals surface area contributed by atoms with Crippen molar-refractivity contribution >= 4 is 35.1 Å². The van der Waals surface area contributed by atoms with Gasteiger partial charge in [0.1, 0.15) is 6.10 Å². The number of halogens is 2. The van der Waals surface area contributed by atoms with Crippen molar-refractivity contribution in [1.29, 1.82) is 0 Å². The van der Waals surface area contributed by atoms with Crippen LogP contribution in [0.2, 0.25) is 10.0 Å². The predicted molar refractivity (Wildman–Crippen MR) is 157 cm³/mol. The molecule has 3 unspecified atom stereocenters. The van der Waals surface area contributed by atoms with Crippen molar-refractivity contribution in [3.05, 3.63) is 51.5 Å². The third-order valence-electron chi connectivity index (χ3n) is 7.35. The molecule has 1 saturated heterocycles. The zero-order valence-corrected chi connectivity index (χ0v) is 25.2. The van der Waals surface area contributed by atoms with Gasteiger partial charge in [0.05, 0.1) is 48.6 Å². The quantitative estimate of drug-likeness (QED) is 0.426. The zero-order chi connectivity index (χ0) is 29.2. The Balaban J connectivity index is 1.53. The Morgan fingerprint density at radius 3 is 2.37 bits per heavy atom. The molecular weight excluding hydrogens is 571 g/mol. The van der Waals surface area contributed by atoms with Gasteiger partial charge >= 0.3 is 11.9 Å². The Hall–Kier alpha value is -2.72. The number of hydrogen-bond donors (Lipinski definition) is 0. The summed E-state index contributed by atoms with van der Waals surface area (Å²) in [6.07, 6.45) is 3.29. The Kier molecular flexibility index (Phi) is 11.8. The molecule has 0 aliphatic carbocycles. The first-order valence-electron chi connectivity index (χ1n) is 14.0. The summed E-state index contributed by atoms with van der Waals surface area (Å²) in [5, 5.41) is 0.491. The minimum Gasteiger partial charge on any atom is -0.493 e. The Morgan fingerprint density at radius 2 is 1.61 bits per heavy atom. The van der Waals surface area contributed by atoms with Gasteiger partial charge in [-0.1, -0.05) is 29.3 Å². The molecule has 0 spiro atoms. The van der Waals surface area contributed by atoms with E-state index in [0.29, 0.717) is 60.3 Å². The molecule has 2 aliphatic rings. The lowest BCUT2D eigenvalue weighted by atomic mass is 10.1. The highest BCUT2D eigenvalue weighted by molar-refractivity contribution is 6.43. The molecule has 2 aromatic carbocycles. The van der Waals surface area contributed by atoms with Gasteiger partial charge in [-0.15, -0.1) is 0 Å². The zero-order valence-electron chi connectivity index (χ0n) is 23.7. The minimum absolute atomic E-state index is 0.186. The monoisotopic (exact) mass is 608 g/mol. The summed E-state index contributed by atoms with van der Waals surface area (Å²) < 4.78 is 28.6. The summed E-state index contributed by atoms with van der Waals surface area (Å²) in [6.45, 7) is 6.12. The van der Waals surface area contributed by atoms with Gasteiger partial charge in [0.2, 0.25) is 5.75 Å². The molecule has 9 nitrogen and oxygen atoms in total. The number of benzene rings is 2. The Labute approximate surface area is 251 Å². The molecule has 2 aromatic rings. The van der Waals surface area contributed by atoms with Gasteiger partial charge in [-0.2, -0.15) is 0 Å². The van der Waals surface area contributed by atoms with Crippen LogP contribution in [0.5, 0.6) is 17.2 Å². The average Bonchev–Trinajstić information content (AvgIpc) is 3.21. The second kappa shape index (κ2) is 15.5. The molecule has 0 aromatic heterocycles. The van der Waals surface area contributed by atoms with E-state index >= 15 is 0 Å². The summed E-state index contributed by atoms with van der Waals surface area (Å²) in [5.41, 5.74) is 0.572. The maximum Gasteiger partial charge on any atom is 0.339 e. The third-order valence-corrected chi connectivity index (χ3v) is 8.17. The number of carbonyl (C=O) groups is 2. The van der Waals surface area contributed by atoms with Crippen LogP contribution in [-0.2, 0) is 9.47 Å². The number of nitrogens with zero attached hydrogens (tertiary/aromatic N) is 2. The normalized spacial score (nSPS) is 22.6. The van der Waals surface area contributed by atoms with Gasteiger partial charge in [-0.05, 0) is 69.5 Å². The van der Waals surface area contributed by atoms with E-state index in [4.69, 9.17) is 46.9 Å². The fourth-order valence-electron chi connectivity index (χ4n) is 5.12. The highest BCUT2D eigenvalue weighted by Gasteiger charge is 2.23. The minimum atomic E-state index is -0.499. The van der Waals surface area contributed by atoms with Crippen LogP contribution in [0.25, 0.3) is 0 Å². The van der Waals surface area contributed by atoms with Crippen molar-refractivity contribution < 1.29 is 33.3 Å². The molecule has 11 heteroatoms. The number of esters is 2. The molecule has 4 rings (SSSR count). The van der Waals surface area contributed by atoms with Crippen LogP contribution in [0.4, 0.5) is 0 Å². The fraction of sp³-hybridized carbons (Fsp3) is 0.533. The third kappa shape index (κ3) is 8.64. The first kappa shape index (κ1) is 31.2. The van der Waals surface area contributed by atoms with Crippen LogP contribution >= 0.6 is 23.2 Å². The Bertz CT molecular complexity index is 1200. The number of rotatable bonds is 4. The van der Waals surface area contributed by atoms with Gasteiger partial charge in [0.25, 0.3) is 0 Å². The van der Waals surface area contributed by atoms with Crippen molar-refractivity contribution in [2.75, 3.05) is 66.7 Å². The van der Waals surface area contributed by atoms with E-state index in [9.17, 15) is 9.59 Å². The van der Waals surface area contributed by atoms with E-state index in [1.807, 2.05) is 0 Å². The predicted octanol–water partition coefficient (Wildman–Crippen LogP) is 5.35. The van der Waals surface area contributed by atoms with Gasteiger partial charge in [-0.3, -0.25) is 0 Å². The summed E-state index contributed by atoms with van der Waals surface area (Å²) >= 11 is 12.4. The highest BCUT2D eigenvalue weighted by atomic mass is 35.5.